The van der Waals surface area contributed by atoms with Crippen molar-refractivity contribution in [1.29, 1.82) is 0 Å². The minimum Gasteiger partial charge on any atom is -0.352 e. The van der Waals surface area contributed by atoms with Gasteiger partial charge in [0.15, 0.2) is 5.65 Å². The fourth-order valence-electron chi connectivity index (χ4n) is 2.71. The first kappa shape index (κ1) is 18.8. The normalized spacial score (nSPS) is 11.7. The van der Waals surface area contributed by atoms with E-state index in [1.54, 1.807) is 16.8 Å². The maximum atomic E-state index is 12.9. The Kier molecular flexibility index (Phi) is 5.07. The van der Waals surface area contributed by atoms with Gasteiger partial charge in [-0.05, 0) is 38.5 Å². The minimum atomic E-state index is -0.317. The van der Waals surface area contributed by atoms with Crippen molar-refractivity contribution in [3.8, 4) is 0 Å². The Morgan fingerprint density at radius 3 is 2.59 bits per heavy atom. The fourth-order valence-corrected chi connectivity index (χ4v) is 2.71. The van der Waals surface area contributed by atoms with Crippen LogP contribution in [0.15, 0.2) is 41.6 Å². The number of halogens is 1. The van der Waals surface area contributed by atoms with Gasteiger partial charge in [0.2, 0.25) is 5.91 Å². The molecule has 0 atom stereocenters. The molecule has 0 aliphatic rings. The molecule has 0 spiro atoms. The second kappa shape index (κ2) is 7.30. The highest BCUT2D eigenvalue weighted by atomic mass is 19.1. The quantitative estimate of drug-likeness (QED) is 0.745. The molecule has 0 saturated heterocycles. The van der Waals surface area contributed by atoms with Gasteiger partial charge in [-0.25, -0.2) is 14.1 Å². The molecule has 2 heterocycles. The van der Waals surface area contributed by atoms with Crippen molar-refractivity contribution in [2.45, 2.75) is 45.8 Å². The van der Waals surface area contributed by atoms with Crippen LogP contribution < -0.4 is 10.9 Å². The van der Waals surface area contributed by atoms with Crippen molar-refractivity contribution in [3.63, 3.8) is 0 Å². The molecule has 1 aromatic carbocycles. The Labute approximate surface area is 155 Å². The van der Waals surface area contributed by atoms with Gasteiger partial charge in [0.05, 0.1) is 18.1 Å². The summed E-state index contributed by atoms with van der Waals surface area (Å²) < 4.78 is 16.0. The van der Waals surface area contributed by atoms with E-state index in [2.05, 4.69) is 15.4 Å². The summed E-state index contributed by atoms with van der Waals surface area (Å²) >= 11 is 0. The lowest BCUT2D eigenvalue weighted by atomic mass is 10.1. The van der Waals surface area contributed by atoms with Gasteiger partial charge in [0.1, 0.15) is 11.2 Å². The number of aromatic nitrogens is 4. The van der Waals surface area contributed by atoms with E-state index in [9.17, 15) is 14.0 Å². The van der Waals surface area contributed by atoms with Gasteiger partial charge in [0.25, 0.3) is 5.56 Å². The van der Waals surface area contributed by atoms with E-state index in [0.717, 1.165) is 5.56 Å². The van der Waals surface area contributed by atoms with Crippen molar-refractivity contribution in [2.24, 2.45) is 0 Å². The number of aryl methyl sites for hydroxylation is 1. The van der Waals surface area contributed by atoms with E-state index in [-0.39, 0.29) is 35.8 Å². The maximum absolute atomic E-state index is 12.9. The largest absolute Gasteiger partial charge is 0.352 e. The van der Waals surface area contributed by atoms with Crippen LogP contribution in [0.2, 0.25) is 0 Å². The zero-order chi connectivity index (χ0) is 19.6. The lowest BCUT2D eigenvalue weighted by Gasteiger charge is -2.19. The maximum Gasteiger partial charge on any atom is 0.264 e. The topological polar surface area (TPSA) is 81.8 Å². The Morgan fingerprint density at radius 1 is 1.22 bits per heavy atom. The number of benzene rings is 1. The van der Waals surface area contributed by atoms with E-state index in [1.165, 1.54) is 29.2 Å². The van der Waals surface area contributed by atoms with Gasteiger partial charge in [-0.15, -0.1) is 0 Å². The number of rotatable bonds is 5. The summed E-state index contributed by atoms with van der Waals surface area (Å²) in [6.07, 6.45) is 3.10. The molecule has 0 radical (unpaired) electrons. The van der Waals surface area contributed by atoms with Crippen molar-refractivity contribution < 1.29 is 9.18 Å². The number of amides is 1. The SMILES string of the molecule is CC(C)(C)n1ncc2c(=O)n(CCC(=O)NCc3ccc(F)cc3)cnc21. The smallest absolute Gasteiger partial charge is 0.264 e. The lowest BCUT2D eigenvalue weighted by molar-refractivity contribution is -0.121. The van der Waals surface area contributed by atoms with E-state index in [4.69, 9.17) is 0 Å². The molecule has 2 aromatic heterocycles. The fraction of sp³-hybridized carbons (Fsp3) is 0.368. The molecule has 142 valence electrons. The molecule has 8 heteroatoms. The third-order valence-corrected chi connectivity index (χ3v) is 4.17. The minimum absolute atomic E-state index is 0.141. The number of fused-ring (bicyclic) bond motifs is 1. The molecule has 3 aromatic rings. The van der Waals surface area contributed by atoms with Crippen LogP contribution in [0, 0.1) is 5.82 Å². The summed E-state index contributed by atoms with van der Waals surface area (Å²) in [5.41, 5.74) is 0.832. The molecule has 7 nitrogen and oxygen atoms in total. The lowest BCUT2D eigenvalue weighted by Crippen LogP contribution is -2.28. The number of carbonyl (C=O) groups is 1. The number of nitrogens with one attached hydrogen (secondary N) is 1. The van der Waals surface area contributed by atoms with E-state index in [1.807, 2.05) is 20.8 Å². The zero-order valence-electron chi connectivity index (χ0n) is 15.6. The first-order chi connectivity index (χ1) is 12.8. The van der Waals surface area contributed by atoms with Gasteiger partial charge in [-0.2, -0.15) is 5.10 Å². The highest BCUT2D eigenvalue weighted by Crippen LogP contribution is 2.17. The van der Waals surface area contributed by atoms with Crippen LogP contribution in [0.25, 0.3) is 11.0 Å². The number of hydrogen-bond donors (Lipinski definition) is 1. The Morgan fingerprint density at radius 2 is 1.93 bits per heavy atom. The van der Waals surface area contributed by atoms with Crippen LogP contribution >= 0.6 is 0 Å². The highest BCUT2D eigenvalue weighted by Gasteiger charge is 2.19. The van der Waals surface area contributed by atoms with Crippen molar-refractivity contribution in [1.82, 2.24) is 24.6 Å². The van der Waals surface area contributed by atoms with E-state index < -0.39 is 0 Å². The number of nitrogens with zero attached hydrogens (tertiary/aromatic N) is 4. The molecule has 0 aliphatic carbocycles. The van der Waals surface area contributed by atoms with E-state index >= 15 is 0 Å². The predicted octanol–water partition coefficient (Wildman–Crippen LogP) is 2.19. The van der Waals surface area contributed by atoms with Gasteiger partial charge in [-0.3, -0.25) is 14.2 Å². The molecule has 1 amide bonds. The first-order valence-corrected chi connectivity index (χ1v) is 8.70. The monoisotopic (exact) mass is 371 g/mol. The second-order valence-electron chi connectivity index (χ2n) is 7.36. The average Bonchev–Trinajstić information content (AvgIpc) is 3.06. The molecular weight excluding hydrogens is 349 g/mol. The highest BCUT2D eigenvalue weighted by molar-refractivity contribution is 5.76. The van der Waals surface area contributed by atoms with Crippen LogP contribution in [0.4, 0.5) is 4.39 Å². The number of hydrogen-bond acceptors (Lipinski definition) is 4. The van der Waals surface area contributed by atoms with Gasteiger partial charge in [0, 0.05) is 19.5 Å². The molecule has 0 bridgehead atoms. The summed E-state index contributed by atoms with van der Waals surface area (Å²) in [5, 5.41) is 7.45. The molecule has 3 rings (SSSR count). The summed E-state index contributed by atoms with van der Waals surface area (Å²) in [6.45, 7) is 6.48. The van der Waals surface area contributed by atoms with Crippen LogP contribution in [0.3, 0.4) is 0 Å². The van der Waals surface area contributed by atoms with Crippen LogP contribution in [0.1, 0.15) is 32.8 Å². The Bertz CT molecular complexity index is 1020. The predicted molar refractivity (Wildman–Crippen MR) is 99.6 cm³/mol. The average molecular weight is 371 g/mol. The molecule has 0 aliphatic heterocycles. The molecule has 27 heavy (non-hydrogen) atoms. The summed E-state index contributed by atoms with van der Waals surface area (Å²) in [6, 6.07) is 5.93. The van der Waals surface area contributed by atoms with Crippen molar-refractivity contribution >= 4 is 16.9 Å². The van der Waals surface area contributed by atoms with Crippen LogP contribution in [-0.2, 0) is 23.4 Å². The Balaban J connectivity index is 1.64. The number of carbonyl (C=O) groups excluding carboxylic acids is 1. The van der Waals surface area contributed by atoms with Crippen molar-refractivity contribution in [3.05, 3.63) is 58.5 Å². The van der Waals surface area contributed by atoms with Crippen molar-refractivity contribution in [2.75, 3.05) is 0 Å². The first-order valence-electron chi connectivity index (χ1n) is 8.70. The third kappa shape index (κ3) is 4.21. The van der Waals surface area contributed by atoms with E-state index in [0.29, 0.717) is 17.6 Å². The standard InChI is InChI=1S/C19H22FN5O2/c1-19(2,3)25-17-15(11-23-25)18(27)24(12-22-17)9-8-16(26)21-10-13-4-6-14(20)7-5-13/h4-7,11-12H,8-10H2,1-3H3,(H,21,26). The van der Waals surface area contributed by atoms with Gasteiger partial charge in [-0.1, -0.05) is 12.1 Å². The van der Waals surface area contributed by atoms with Gasteiger partial charge >= 0.3 is 0 Å². The molecule has 0 fully saturated rings. The second-order valence-corrected chi connectivity index (χ2v) is 7.36. The molecule has 1 N–H and O–H groups in total. The summed E-state index contributed by atoms with van der Waals surface area (Å²) in [5.74, 6) is -0.515. The zero-order valence-corrected chi connectivity index (χ0v) is 15.6. The van der Waals surface area contributed by atoms with Crippen LogP contribution in [0.5, 0.6) is 0 Å². The van der Waals surface area contributed by atoms with Crippen LogP contribution in [-0.4, -0.2) is 25.2 Å². The van der Waals surface area contributed by atoms with Gasteiger partial charge < -0.3 is 5.32 Å². The molecule has 0 unspecified atom stereocenters. The molecular formula is C19H22FN5O2. The summed E-state index contributed by atoms with van der Waals surface area (Å²) in [7, 11) is 0. The molecule has 0 saturated carbocycles. The summed E-state index contributed by atoms with van der Waals surface area (Å²) in [4.78, 5) is 29.0. The Hall–Kier alpha value is -3.03. The third-order valence-electron chi connectivity index (χ3n) is 4.17.